The number of hydrogen-bond donors (Lipinski definition) is 1. The largest absolute Gasteiger partial charge is 0.476 e. The van der Waals surface area contributed by atoms with Crippen LogP contribution in [0.15, 0.2) is 17.5 Å². The van der Waals surface area contributed by atoms with E-state index in [1.807, 2.05) is 0 Å². The van der Waals surface area contributed by atoms with Crippen LogP contribution in [-0.4, -0.2) is 27.9 Å². The molecule has 2 heterocycles. The van der Waals surface area contributed by atoms with Gasteiger partial charge in [-0.25, -0.2) is 4.79 Å². The van der Waals surface area contributed by atoms with Gasteiger partial charge in [-0.3, -0.25) is 9.69 Å². The van der Waals surface area contributed by atoms with E-state index in [0.717, 1.165) is 12.8 Å². The molecule has 1 unspecified atom stereocenters. The summed E-state index contributed by atoms with van der Waals surface area (Å²) in [6.45, 7) is 0. The summed E-state index contributed by atoms with van der Waals surface area (Å²) in [5.41, 5.74) is 2.64. The quantitative estimate of drug-likeness (QED) is 0.471. The first-order chi connectivity index (χ1) is 6.20. The average molecular weight is 179 g/mol. The van der Waals surface area contributed by atoms with Gasteiger partial charge in [0.25, 0.3) is 0 Å². The highest BCUT2D eigenvalue weighted by atomic mass is 16.4. The van der Waals surface area contributed by atoms with Crippen LogP contribution in [-0.2, 0) is 9.59 Å². The maximum atomic E-state index is 11.1. The number of carbonyl (C=O) groups excluding carboxylic acids is 1. The molecule has 0 spiro atoms. The number of fused-ring (bicyclic) bond motifs is 1. The van der Waals surface area contributed by atoms with Gasteiger partial charge in [-0.05, 0) is 18.9 Å². The SMILES string of the molecule is O=C(O)C1=C=CCCC2CC(=O)N12. The van der Waals surface area contributed by atoms with Crippen LogP contribution in [0.1, 0.15) is 19.3 Å². The monoisotopic (exact) mass is 179 g/mol. The summed E-state index contributed by atoms with van der Waals surface area (Å²) in [5.74, 6) is -1.18. The topological polar surface area (TPSA) is 57.6 Å². The number of amides is 1. The number of carboxylic acid groups (broad SMARTS) is 1. The molecular weight excluding hydrogens is 170 g/mol. The van der Waals surface area contributed by atoms with E-state index in [0.29, 0.717) is 6.42 Å². The third kappa shape index (κ3) is 1.15. The highest BCUT2D eigenvalue weighted by Gasteiger charge is 2.40. The molecule has 0 bridgehead atoms. The Morgan fingerprint density at radius 2 is 2.46 bits per heavy atom. The van der Waals surface area contributed by atoms with Crippen LogP contribution in [0.2, 0.25) is 0 Å². The van der Waals surface area contributed by atoms with Crippen molar-refractivity contribution in [2.24, 2.45) is 0 Å². The van der Waals surface area contributed by atoms with Crippen LogP contribution >= 0.6 is 0 Å². The molecule has 1 amide bonds. The predicted octanol–water partition coefficient (Wildman–Crippen LogP) is 0.505. The zero-order valence-electron chi connectivity index (χ0n) is 6.99. The van der Waals surface area contributed by atoms with Crippen molar-refractivity contribution in [3.63, 3.8) is 0 Å². The second-order valence-electron chi connectivity index (χ2n) is 3.20. The Hall–Kier alpha value is -1.54. The molecule has 0 aromatic carbocycles. The fourth-order valence-corrected chi connectivity index (χ4v) is 1.70. The normalized spacial score (nSPS) is 25.8. The minimum absolute atomic E-state index is 0.00116. The van der Waals surface area contributed by atoms with E-state index < -0.39 is 5.97 Å². The van der Waals surface area contributed by atoms with Crippen LogP contribution in [0.25, 0.3) is 0 Å². The molecule has 68 valence electrons. The number of hydrogen-bond acceptors (Lipinski definition) is 2. The van der Waals surface area contributed by atoms with E-state index in [1.54, 1.807) is 6.08 Å². The van der Waals surface area contributed by atoms with Gasteiger partial charge in [-0.1, -0.05) is 5.73 Å². The van der Waals surface area contributed by atoms with Crippen LogP contribution in [0.5, 0.6) is 0 Å². The second kappa shape index (κ2) is 2.75. The molecule has 2 aliphatic rings. The van der Waals surface area contributed by atoms with E-state index in [9.17, 15) is 9.59 Å². The van der Waals surface area contributed by atoms with Crippen molar-refractivity contribution in [3.8, 4) is 0 Å². The van der Waals surface area contributed by atoms with Gasteiger partial charge in [-0.15, -0.1) is 0 Å². The highest BCUT2D eigenvalue weighted by Crippen LogP contribution is 2.29. The number of aliphatic carboxylic acids is 1. The van der Waals surface area contributed by atoms with Crippen LogP contribution < -0.4 is 0 Å². The third-order valence-corrected chi connectivity index (χ3v) is 2.37. The van der Waals surface area contributed by atoms with Crippen LogP contribution in [0, 0.1) is 0 Å². The third-order valence-electron chi connectivity index (χ3n) is 2.37. The Labute approximate surface area is 75.1 Å². The molecule has 4 nitrogen and oxygen atoms in total. The van der Waals surface area contributed by atoms with E-state index in [4.69, 9.17) is 5.11 Å². The zero-order valence-corrected chi connectivity index (χ0v) is 6.99. The van der Waals surface area contributed by atoms with E-state index in [1.165, 1.54) is 4.90 Å². The lowest BCUT2D eigenvalue weighted by Crippen LogP contribution is -2.52. The fourth-order valence-electron chi connectivity index (χ4n) is 1.70. The molecule has 0 aromatic heterocycles. The maximum absolute atomic E-state index is 11.1. The molecule has 1 fully saturated rings. The van der Waals surface area contributed by atoms with Crippen molar-refractivity contribution in [2.45, 2.75) is 25.3 Å². The Balaban J connectivity index is 2.34. The molecular formula is C9H9NO3. The van der Waals surface area contributed by atoms with Crippen molar-refractivity contribution >= 4 is 11.9 Å². The lowest BCUT2D eigenvalue weighted by molar-refractivity contribution is -0.149. The number of carbonyl (C=O) groups is 2. The molecule has 0 aliphatic carbocycles. The Morgan fingerprint density at radius 3 is 3.08 bits per heavy atom. The number of rotatable bonds is 1. The van der Waals surface area contributed by atoms with Crippen molar-refractivity contribution in [2.75, 3.05) is 0 Å². The van der Waals surface area contributed by atoms with Gasteiger partial charge in [-0.2, -0.15) is 0 Å². The standard InChI is InChI=1S/C9H9NO3/c11-8-5-6-3-1-2-4-7(9(12)13)10(6)8/h2,6H,1,3,5H2,(H,12,13). The Bertz CT molecular complexity index is 339. The second-order valence-corrected chi connectivity index (χ2v) is 3.20. The minimum atomic E-state index is -1.07. The summed E-state index contributed by atoms with van der Waals surface area (Å²) in [4.78, 5) is 23.2. The molecule has 0 saturated carbocycles. The van der Waals surface area contributed by atoms with Crippen molar-refractivity contribution in [1.82, 2.24) is 4.90 Å². The summed E-state index contributed by atoms with van der Waals surface area (Å²) in [7, 11) is 0. The van der Waals surface area contributed by atoms with Crippen molar-refractivity contribution in [1.29, 1.82) is 0 Å². The first kappa shape index (κ1) is 8.08. The summed E-state index contributed by atoms with van der Waals surface area (Å²) in [5, 5.41) is 8.79. The van der Waals surface area contributed by atoms with Crippen LogP contribution in [0.3, 0.4) is 0 Å². The van der Waals surface area contributed by atoms with E-state index in [-0.39, 0.29) is 17.6 Å². The summed E-state index contributed by atoms with van der Waals surface area (Å²) in [6, 6.07) is 0.0878. The van der Waals surface area contributed by atoms with Crippen molar-refractivity contribution < 1.29 is 14.7 Å². The van der Waals surface area contributed by atoms with E-state index >= 15 is 0 Å². The maximum Gasteiger partial charge on any atom is 0.360 e. The molecule has 13 heavy (non-hydrogen) atoms. The molecule has 2 aliphatic heterocycles. The highest BCUT2D eigenvalue weighted by molar-refractivity contribution is 5.96. The number of nitrogens with zero attached hydrogens (tertiary/aromatic N) is 1. The predicted molar refractivity (Wildman–Crippen MR) is 43.7 cm³/mol. The first-order valence-corrected chi connectivity index (χ1v) is 4.20. The smallest absolute Gasteiger partial charge is 0.360 e. The molecule has 4 heteroatoms. The van der Waals surface area contributed by atoms with Gasteiger partial charge in [0, 0.05) is 12.5 Å². The molecule has 0 aromatic rings. The molecule has 0 radical (unpaired) electrons. The van der Waals surface area contributed by atoms with Gasteiger partial charge in [0.2, 0.25) is 5.91 Å². The van der Waals surface area contributed by atoms with Crippen molar-refractivity contribution in [3.05, 3.63) is 17.5 Å². The number of carboxylic acids is 1. The number of β-lactam (4-membered cyclic amide) rings is 1. The Kier molecular flexibility index (Phi) is 1.71. The Morgan fingerprint density at radius 1 is 1.69 bits per heavy atom. The zero-order chi connectivity index (χ0) is 9.42. The van der Waals surface area contributed by atoms with Gasteiger partial charge < -0.3 is 5.11 Å². The molecule has 2 rings (SSSR count). The summed E-state index contributed by atoms with van der Waals surface area (Å²) < 4.78 is 0. The fraction of sp³-hybridized carbons (Fsp3) is 0.444. The summed E-state index contributed by atoms with van der Waals surface area (Å²) >= 11 is 0. The lowest BCUT2D eigenvalue weighted by atomic mass is 9.97. The minimum Gasteiger partial charge on any atom is -0.476 e. The molecule has 1 N–H and O–H groups in total. The van der Waals surface area contributed by atoms with Gasteiger partial charge in [0.1, 0.15) is 0 Å². The summed E-state index contributed by atoms with van der Waals surface area (Å²) in [6.07, 6.45) is 3.81. The average Bonchev–Trinajstić information content (AvgIpc) is 2.22. The van der Waals surface area contributed by atoms with Crippen LogP contribution in [0.4, 0.5) is 0 Å². The first-order valence-electron chi connectivity index (χ1n) is 4.20. The molecule has 1 atom stereocenters. The lowest BCUT2D eigenvalue weighted by Gasteiger charge is -2.38. The van der Waals surface area contributed by atoms with Gasteiger partial charge >= 0.3 is 5.97 Å². The molecule has 1 saturated heterocycles. The van der Waals surface area contributed by atoms with Gasteiger partial charge in [0.15, 0.2) is 5.70 Å². The van der Waals surface area contributed by atoms with Gasteiger partial charge in [0.05, 0.1) is 0 Å². The van der Waals surface area contributed by atoms with E-state index in [2.05, 4.69) is 5.73 Å².